The second-order valence-corrected chi connectivity index (χ2v) is 4.08. The number of aromatic nitrogens is 1. The van der Waals surface area contributed by atoms with Gasteiger partial charge in [-0.05, 0) is 19.4 Å². The average Bonchev–Trinajstić information content (AvgIpc) is 2.30. The third kappa shape index (κ3) is 3.27. The molecule has 1 rings (SSSR count). The van der Waals surface area contributed by atoms with Crippen molar-refractivity contribution in [3.05, 3.63) is 29.8 Å². The molecule has 1 heterocycles. The van der Waals surface area contributed by atoms with Crippen molar-refractivity contribution in [3.63, 3.8) is 0 Å². The summed E-state index contributed by atoms with van der Waals surface area (Å²) in [7, 11) is 0. The molecule has 88 valence electrons. The van der Waals surface area contributed by atoms with Crippen LogP contribution in [0.15, 0.2) is 18.5 Å². The van der Waals surface area contributed by atoms with E-state index in [-0.39, 0.29) is 11.5 Å². The molecule has 0 saturated carbocycles. The van der Waals surface area contributed by atoms with Gasteiger partial charge in [0.2, 0.25) is 0 Å². The van der Waals surface area contributed by atoms with Crippen LogP contribution in [0.4, 0.5) is 4.39 Å². The monoisotopic (exact) mass is 288 g/mol. The van der Waals surface area contributed by atoms with Gasteiger partial charge in [0.25, 0.3) is 5.91 Å². The van der Waals surface area contributed by atoms with E-state index in [0.29, 0.717) is 13.1 Å². The van der Waals surface area contributed by atoms with Gasteiger partial charge in [-0.1, -0.05) is 15.9 Å². The zero-order valence-corrected chi connectivity index (χ0v) is 10.7. The lowest BCUT2D eigenvalue weighted by Crippen LogP contribution is -2.32. The topological polar surface area (TPSA) is 33.2 Å². The summed E-state index contributed by atoms with van der Waals surface area (Å²) in [6, 6.07) is 1.41. The molecule has 16 heavy (non-hydrogen) atoms. The highest BCUT2D eigenvalue weighted by atomic mass is 79.9. The van der Waals surface area contributed by atoms with Gasteiger partial charge in [0.1, 0.15) is 0 Å². The van der Waals surface area contributed by atoms with E-state index >= 15 is 0 Å². The summed E-state index contributed by atoms with van der Waals surface area (Å²) in [5.41, 5.74) is 0.0893. The molecule has 0 atom stereocenters. The highest BCUT2D eigenvalue weighted by Crippen LogP contribution is 2.09. The molecule has 0 aliphatic carbocycles. The fraction of sp³-hybridized carbons (Fsp3) is 0.455. The van der Waals surface area contributed by atoms with Gasteiger partial charge in [-0.15, -0.1) is 0 Å². The fourth-order valence-electron chi connectivity index (χ4n) is 1.37. The number of hydrogen-bond donors (Lipinski definition) is 0. The number of rotatable bonds is 5. The van der Waals surface area contributed by atoms with Crippen LogP contribution in [0.1, 0.15) is 23.7 Å². The van der Waals surface area contributed by atoms with Crippen molar-refractivity contribution in [1.82, 2.24) is 9.88 Å². The number of carbonyl (C=O) groups is 1. The first-order valence-corrected chi connectivity index (χ1v) is 6.27. The van der Waals surface area contributed by atoms with Crippen LogP contribution in [-0.4, -0.2) is 34.2 Å². The third-order valence-electron chi connectivity index (χ3n) is 2.23. The van der Waals surface area contributed by atoms with Crippen molar-refractivity contribution in [2.24, 2.45) is 0 Å². The number of carbonyl (C=O) groups excluding carboxylic acids is 1. The Hall–Kier alpha value is -0.970. The smallest absolute Gasteiger partial charge is 0.256 e. The fourth-order valence-corrected chi connectivity index (χ4v) is 1.62. The summed E-state index contributed by atoms with van der Waals surface area (Å²) in [6.07, 6.45) is 3.34. The summed E-state index contributed by atoms with van der Waals surface area (Å²) < 4.78 is 13.3. The van der Waals surface area contributed by atoms with Gasteiger partial charge in [0.05, 0.1) is 11.8 Å². The first-order chi connectivity index (χ1) is 7.70. The van der Waals surface area contributed by atoms with Crippen molar-refractivity contribution >= 4 is 21.8 Å². The molecule has 1 aromatic rings. The SMILES string of the molecule is CCN(CCCBr)C(=O)c1ccncc1F. The van der Waals surface area contributed by atoms with Gasteiger partial charge < -0.3 is 4.90 Å². The van der Waals surface area contributed by atoms with E-state index in [1.165, 1.54) is 12.3 Å². The third-order valence-corrected chi connectivity index (χ3v) is 2.79. The molecule has 0 aromatic carbocycles. The number of pyridine rings is 1. The predicted molar refractivity (Wildman–Crippen MR) is 64.2 cm³/mol. The molecule has 0 N–H and O–H groups in total. The highest BCUT2D eigenvalue weighted by molar-refractivity contribution is 9.09. The molecule has 0 fully saturated rings. The van der Waals surface area contributed by atoms with Crippen LogP contribution in [0.3, 0.4) is 0 Å². The molecule has 0 spiro atoms. The van der Waals surface area contributed by atoms with E-state index in [0.717, 1.165) is 17.9 Å². The second-order valence-electron chi connectivity index (χ2n) is 3.28. The van der Waals surface area contributed by atoms with Crippen molar-refractivity contribution in [2.75, 3.05) is 18.4 Å². The van der Waals surface area contributed by atoms with Gasteiger partial charge in [0, 0.05) is 24.6 Å². The van der Waals surface area contributed by atoms with Crippen molar-refractivity contribution in [1.29, 1.82) is 0 Å². The Morgan fingerprint density at radius 2 is 2.38 bits per heavy atom. The Kier molecular flexibility index (Phi) is 5.38. The molecule has 0 aliphatic heterocycles. The van der Waals surface area contributed by atoms with Crippen LogP contribution >= 0.6 is 15.9 Å². The number of amides is 1. The average molecular weight is 289 g/mol. The molecular weight excluding hydrogens is 275 g/mol. The van der Waals surface area contributed by atoms with Crippen LogP contribution in [0.5, 0.6) is 0 Å². The number of alkyl halides is 1. The van der Waals surface area contributed by atoms with Crippen LogP contribution in [-0.2, 0) is 0 Å². The minimum atomic E-state index is -0.565. The molecule has 0 aliphatic rings. The normalized spacial score (nSPS) is 10.2. The Morgan fingerprint density at radius 1 is 1.62 bits per heavy atom. The zero-order chi connectivity index (χ0) is 12.0. The molecule has 3 nitrogen and oxygen atoms in total. The summed E-state index contributed by atoms with van der Waals surface area (Å²) in [5, 5.41) is 0.829. The molecule has 0 bridgehead atoms. The minimum absolute atomic E-state index is 0.0893. The number of hydrogen-bond acceptors (Lipinski definition) is 2. The predicted octanol–water partition coefficient (Wildman–Crippen LogP) is 2.47. The summed E-state index contributed by atoms with van der Waals surface area (Å²) >= 11 is 3.30. The lowest BCUT2D eigenvalue weighted by Gasteiger charge is -2.20. The molecule has 1 aromatic heterocycles. The minimum Gasteiger partial charge on any atom is -0.339 e. The van der Waals surface area contributed by atoms with Gasteiger partial charge in [0.15, 0.2) is 5.82 Å². The molecule has 0 radical (unpaired) electrons. The van der Waals surface area contributed by atoms with Crippen molar-refractivity contribution < 1.29 is 9.18 Å². The van der Waals surface area contributed by atoms with Gasteiger partial charge >= 0.3 is 0 Å². The molecule has 0 saturated heterocycles. The lowest BCUT2D eigenvalue weighted by atomic mass is 10.2. The zero-order valence-electron chi connectivity index (χ0n) is 9.12. The highest BCUT2D eigenvalue weighted by Gasteiger charge is 2.17. The van der Waals surface area contributed by atoms with E-state index in [4.69, 9.17) is 0 Å². The molecular formula is C11H14BrFN2O. The molecule has 5 heteroatoms. The maximum Gasteiger partial charge on any atom is 0.256 e. The lowest BCUT2D eigenvalue weighted by molar-refractivity contribution is 0.0760. The molecule has 1 amide bonds. The van der Waals surface area contributed by atoms with Gasteiger partial charge in [-0.2, -0.15) is 0 Å². The number of nitrogens with zero attached hydrogens (tertiary/aromatic N) is 2. The number of halogens is 2. The second kappa shape index (κ2) is 6.58. The standard InChI is InChI=1S/C11H14BrFN2O/c1-2-15(7-3-5-12)11(16)9-4-6-14-8-10(9)13/h4,6,8H,2-3,5,7H2,1H3. The largest absolute Gasteiger partial charge is 0.339 e. The summed E-state index contributed by atoms with van der Waals surface area (Å²) in [5.74, 6) is -0.840. The van der Waals surface area contributed by atoms with Crippen LogP contribution in [0.2, 0.25) is 0 Å². The first-order valence-electron chi connectivity index (χ1n) is 5.15. The van der Waals surface area contributed by atoms with Crippen molar-refractivity contribution in [3.8, 4) is 0 Å². The first kappa shape index (κ1) is 13.1. The Balaban J connectivity index is 2.79. The van der Waals surface area contributed by atoms with E-state index in [2.05, 4.69) is 20.9 Å². The van der Waals surface area contributed by atoms with E-state index < -0.39 is 5.82 Å². The Labute approximate surface area is 103 Å². The quantitative estimate of drug-likeness (QED) is 0.780. The maximum atomic E-state index is 13.3. The van der Waals surface area contributed by atoms with E-state index in [1.54, 1.807) is 4.90 Å². The maximum absolute atomic E-state index is 13.3. The van der Waals surface area contributed by atoms with Crippen molar-refractivity contribution in [2.45, 2.75) is 13.3 Å². The van der Waals surface area contributed by atoms with Crippen LogP contribution in [0, 0.1) is 5.82 Å². The van der Waals surface area contributed by atoms with Gasteiger partial charge in [-0.25, -0.2) is 4.39 Å². The Bertz CT molecular complexity index is 360. The summed E-state index contributed by atoms with van der Waals surface area (Å²) in [4.78, 5) is 17.2. The Morgan fingerprint density at radius 3 is 2.94 bits per heavy atom. The van der Waals surface area contributed by atoms with Crippen LogP contribution < -0.4 is 0 Å². The molecule has 0 unspecified atom stereocenters. The van der Waals surface area contributed by atoms with Gasteiger partial charge in [-0.3, -0.25) is 9.78 Å². The summed E-state index contributed by atoms with van der Waals surface area (Å²) in [6.45, 7) is 3.08. The van der Waals surface area contributed by atoms with E-state index in [1.807, 2.05) is 6.92 Å². The van der Waals surface area contributed by atoms with E-state index in [9.17, 15) is 9.18 Å². The van der Waals surface area contributed by atoms with Crippen LogP contribution in [0.25, 0.3) is 0 Å².